The van der Waals surface area contributed by atoms with Crippen LogP contribution in [0.2, 0.25) is 0 Å². The van der Waals surface area contributed by atoms with Gasteiger partial charge in [0.2, 0.25) is 0 Å². The highest BCUT2D eigenvalue weighted by Crippen LogP contribution is 2.14. The van der Waals surface area contributed by atoms with Crippen molar-refractivity contribution in [1.29, 1.82) is 0 Å². The summed E-state index contributed by atoms with van der Waals surface area (Å²) in [5.41, 5.74) is 0. The van der Waals surface area contributed by atoms with Gasteiger partial charge in [0.1, 0.15) is 6.61 Å². The van der Waals surface area contributed by atoms with Gasteiger partial charge in [0, 0.05) is 12.8 Å². The number of rotatable bonds is 41. The van der Waals surface area contributed by atoms with E-state index in [0.717, 1.165) is 89.9 Å². The highest BCUT2D eigenvalue weighted by molar-refractivity contribution is 5.70. The number of aliphatic hydroxyl groups is 1. The molecule has 0 saturated heterocycles. The van der Waals surface area contributed by atoms with Crippen molar-refractivity contribution < 1.29 is 24.2 Å². The Hall–Kier alpha value is -3.18. The Balaban J connectivity index is 3.52. The van der Waals surface area contributed by atoms with Crippen LogP contribution in [0.4, 0.5) is 0 Å². The lowest BCUT2D eigenvalue weighted by atomic mass is 10.0. The third kappa shape index (κ3) is 45.4. The minimum Gasteiger partial charge on any atom is -0.462 e. The molecule has 0 aromatic rings. The fourth-order valence-corrected chi connectivity index (χ4v) is 6.16. The number of hydrogen-bond donors (Lipinski definition) is 1. The maximum atomic E-state index is 12.2. The lowest BCUT2D eigenvalue weighted by Gasteiger charge is -2.15. The average Bonchev–Trinajstić information content (AvgIpc) is 3.21. The van der Waals surface area contributed by atoms with E-state index in [1.54, 1.807) is 0 Å². The topological polar surface area (TPSA) is 72.8 Å². The van der Waals surface area contributed by atoms with Crippen molar-refractivity contribution in [3.8, 4) is 0 Å². The van der Waals surface area contributed by atoms with Gasteiger partial charge in [-0.15, -0.1) is 0 Å². The first kappa shape index (κ1) is 53.8. The van der Waals surface area contributed by atoms with Crippen molar-refractivity contribution >= 4 is 11.9 Å². The summed E-state index contributed by atoms with van der Waals surface area (Å²) in [6.07, 6.45) is 66.7. The summed E-state index contributed by atoms with van der Waals surface area (Å²) < 4.78 is 10.5. The zero-order chi connectivity index (χ0) is 41.4. The van der Waals surface area contributed by atoms with E-state index in [0.29, 0.717) is 12.8 Å². The highest BCUT2D eigenvalue weighted by Gasteiger charge is 2.16. The third-order valence-electron chi connectivity index (χ3n) is 9.64. The van der Waals surface area contributed by atoms with Gasteiger partial charge in [-0.3, -0.25) is 9.59 Å². The van der Waals surface area contributed by atoms with Crippen LogP contribution in [0.3, 0.4) is 0 Å². The zero-order valence-electron chi connectivity index (χ0n) is 36.8. The molecule has 57 heavy (non-hydrogen) atoms. The molecule has 0 aromatic heterocycles. The fraction of sp³-hybridized carbons (Fsp3) is 0.654. The predicted octanol–water partition coefficient (Wildman–Crippen LogP) is 15.2. The number of esters is 2. The van der Waals surface area contributed by atoms with Gasteiger partial charge in [-0.2, -0.15) is 0 Å². The van der Waals surface area contributed by atoms with Gasteiger partial charge in [0.25, 0.3) is 0 Å². The van der Waals surface area contributed by atoms with Crippen molar-refractivity contribution in [3.63, 3.8) is 0 Å². The molecule has 0 radical (unpaired) electrons. The molecular weight excluding hydrogens is 705 g/mol. The van der Waals surface area contributed by atoms with E-state index in [-0.39, 0.29) is 25.2 Å². The van der Waals surface area contributed by atoms with Crippen LogP contribution in [0, 0.1) is 0 Å². The Kier molecular flexibility index (Phi) is 44.6. The molecule has 0 aliphatic heterocycles. The molecule has 0 rings (SSSR count). The Bertz CT molecular complexity index is 1120. The van der Waals surface area contributed by atoms with Gasteiger partial charge in [-0.05, 0) is 77.0 Å². The molecule has 0 saturated carbocycles. The molecule has 0 heterocycles. The van der Waals surface area contributed by atoms with E-state index in [4.69, 9.17) is 9.47 Å². The number of aliphatic hydroxyl groups excluding tert-OH is 1. The van der Waals surface area contributed by atoms with E-state index in [2.05, 4.69) is 111 Å². The molecule has 1 atom stereocenters. The second-order valence-electron chi connectivity index (χ2n) is 15.1. The van der Waals surface area contributed by atoms with Crippen LogP contribution in [0.5, 0.6) is 0 Å². The van der Waals surface area contributed by atoms with Crippen molar-refractivity contribution in [3.05, 3.63) is 97.2 Å². The smallest absolute Gasteiger partial charge is 0.306 e. The standard InChI is InChI=1S/C52H86O5/c1-3-5-7-9-11-12-13-14-15-16-17-18-19-20-21-22-23-24-25-26-27-28-29-30-31-32-33-34-35-36-37-38-39-40-41-43-45-47-52(55)57-50(48-53)49-56-51(54)46-44-42-10-8-6-4-2/h5,7,11-12,14-15,17-18,20-21,23-24,26-27,29-30,50,53H,3-4,6,8-10,13,16,19,22,25,28,31-49H2,1-2H3/b7-5-,12-11-,15-14-,18-17-,21-20-,24-23-,27-26-,30-29-. The van der Waals surface area contributed by atoms with Crippen LogP contribution < -0.4 is 0 Å². The minimum atomic E-state index is -0.772. The summed E-state index contributed by atoms with van der Waals surface area (Å²) in [6, 6.07) is 0. The van der Waals surface area contributed by atoms with Crippen LogP contribution in [-0.2, 0) is 19.1 Å². The molecular formula is C52H86O5. The van der Waals surface area contributed by atoms with Crippen molar-refractivity contribution in [2.45, 2.75) is 206 Å². The molecule has 0 spiro atoms. The van der Waals surface area contributed by atoms with E-state index in [1.165, 1.54) is 83.5 Å². The summed E-state index contributed by atoms with van der Waals surface area (Å²) in [7, 11) is 0. The number of unbranched alkanes of at least 4 members (excludes halogenated alkanes) is 17. The molecule has 5 heteroatoms. The average molecular weight is 791 g/mol. The van der Waals surface area contributed by atoms with E-state index >= 15 is 0 Å². The summed E-state index contributed by atoms with van der Waals surface area (Å²) in [5.74, 6) is -0.607. The van der Waals surface area contributed by atoms with Crippen LogP contribution in [0.1, 0.15) is 200 Å². The first-order valence-corrected chi connectivity index (χ1v) is 23.3. The molecule has 0 aromatic carbocycles. The highest BCUT2D eigenvalue weighted by atomic mass is 16.6. The molecule has 0 bridgehead atoms. The predicted molar refractivity (Wildman–Crippen MR) is 246 cm³/mol. The van der Waals surface area contributed by atoms with Gasteiger partial charge >= 0.3 is 11.9 Å². The van der Waals surface area contributed by atoms with Gasteiger partial charge in [0.15, 0.2) is 6.10 Å². The maximum absolute atomic E-state index is 12.2. The van der Waals surface area contributed by atoms with Gasteiger partial charge in [-0.25, -0.2) is 0 Å². The molecule has 1 N–H and O–H groups in total. The number of ether oxygens (including phenoxy) is 2. The third-order valence-corrected chi connectivity index (χ3v) is 9.64. The second-order valence-corrected chi connectivity index (χ2v) is 15.1. The lowest BCUT2D eigenvalue weighted by molar-refractivity contribution is -0.161. The van der Waals surface area contributed by atoms with E-state index < -0.39 is 6.10 Å². The number of allylic oxidation sites excluding steroid dienone is 16. The van der Waals surface area contributed by atoms with Crippen LogP contribution in [-0.4, -0.2) is 36.4 Å². The monoisotopic (exact) mass is 791 g/mol. The molecule has 5 nitrogen and oxygen atoms in total. The SMILES string of the molecule is CC/C=C\C/C=C\C/C=C\C/C=C\C/C=C\C/C=C\C/C=C\C/C=C\CCCCCCCCCCCCCCC(=O)OC(CO)COC(=O)CCCCCCCC. The molecule has 1 unspecified atom stereocenters. The molecule has 324 valence electrons. The molecule has 0 fully saturated rings. The quantitative estimate of drug-likeness (QED) is 0.0379. The van der Waals surface area contributed by atoms with E-state index in [1.807, 2.05) is 0 Å². The summed E-state index contributed by atoms with van der Waals surface area (Å²) in [4.78, 5) is 24.1. The largest absolute Gasteiger partial charge is 0.462 e. The van der Waals surface area contributed by atoms with E-state index in [9.17, 15) is 14.7 Å². The number of carbonyl (C=O) groups excluding carboxylic acids is 2. The van der Waals surface area contributed by atoms with Gasteiger partial charge in [0.05, 0.1) is 6.61 Å². The Labute approximate surface area is 351 Å². The maximum Gasteiger partial charge on any atom is 0.306 e. The van der Waals surface area contributed by atoms with Crippen molar-refractivity contribution in [2.24, 2.45) is 0 Å². The number of carbonyl (C=O) groups is 2. The van der Waals surface area contributed by atoms with Crippen LogP contribution in [0.15, 0.2) is 97.2 Å². The zero-order valence-corrected chi connectivity index (χ0v) is 36.8. The van der Waals surface area contributed by atoms with Crippen molar-refractivity contribution in [1.82, 2.24) is 0 Å². The Morgan fingerprint density at radius 3 is 1.14 bits per heavy atom. The van der Waals surface area contributed by atoms with Crippen LogP contribution >= 0.6 is 0 Å². The molecule has 0 aliphatic carbocycles. The summed E-state index contributed by atoms with van der Waals surface area (Å²) in [6.45, 7) is 3.94. The van der Waals surface area contributed by atoms with Gasteiger partial charge < -0.3 is 14.6 Å². The van der Waals surface area contributed by atoms with Crippen LogP contribution in [0.25, 0.3) is 0 Å². The van der Waals surface area contributed by atoms with Crippen molar-refractivity contribution in [2.75, 3.05) is 13.2 Å². The Morgan fingerprint density at radius 2 is 0.754 bits per heavy atom. The summed E-state index contributed by atoms with van der Waals surface area (Å²) >= 11 is 0. The minimum absolute atomic E-state index is 0.0694. The number of hydrogen-bond acceptors (Lipinski definition) is 5. The normalized spacial score (nSPS) is 13.1. The first-order chi connectivity index (χ1) is 28.1. The van der Waals surface area contributed by atoms with Gasteiger partial charge in [-0.1, -0.05) is 207 Å². The molecule has 0 amide bonds. The molecule has 0 aliphatic rings. The lowest BCUT2D eigenvalue weighted by Crippen LogP contribution is -2.28. The second kappa shape index (κ2) is 47.2. The first-order valence-electron chi connectivity index (χ1n) is 23.3. The Morgan fingerprint density at radius 1 is 0.421 bits per heavy atom. The fourth-order valence-electron chi connectivity index (χ4n) is 6.16. The summed E-state index contributed by atoms with van der Waals surface area (Å²) in [5, 5.41) is 9.51.